The van der Waals surface area contributed by atoms with Crippen LogP contribution in [0.4, 0.5) is 0 Å². The summed E-state index contributed by atoms with van der Waals surface area (Å²) in [5.74, 6) is 2.53. The highest BCUT2D eigenvalue weighted by Gasteiger charge is 2.20. The average Bonchev–Trinajstić information content (AvgIpc) is 2.05. The van der Waals surface area contributed by atoms with Crippen molar-refractivity contribution in [2.24, 2.45) is 11.8 Å². The zero-order chi connectivity index (χ0) is 8.27. The summed E-state index contributed by atoms with van der Waals surface area (Å²) in [5, 5.41) is 0. The van der Waals surface area contributed by atoms with Crippen LogP contribution in [0.25, 0.3) is 0 Å². The molecule has 1 rings (SSSR count). The molecule has 0 aromatic carbocycles. The fourth-order valence-corrected chi connectivity index (χ4v) is 1.75. The van der Waals surface area contributed by atoms with E-state index >= 15 is 0 Å². The fourth-order valence-electron chi connectivity index (χ4n) is 1.75. The monoisotopic (exact) mass is 154 g/mol. The lowest BCUT2D eigenvalue weighted by Crippen LogP contribution is -2.14. The van der Waals surface area contributed by atoms with Gasteiger partial charge in [-0.05, 0) is 18.8 Å². The molecule has 1 heteroatoms. The molecule has 0 bridgehead atoms. The first-order valence-corrected chi connectivity index (χ1v) is 4.46. The Labute approximate surface area is 69.4 Å². The topological polar surface area (TPSA) is 9.23 Å². The highest BCUT2D eigenvalue weighted by atomic mass is 16.5. The van der Waals surface area contributed by atoms with Crippen molar-refractivity contribution in [3.63, 3.8) is 0 Å². The van der Waals surface area contributed by atoms with E-state index in [1.54, 1.807) is 7.11 Å². The Morgan fingerprint density at radius 2 is 1.82 bits per heavy atom. The molecule has 0 spiro atoms. The van der Waals surface area contributed by atoms with Gasteiger partial charge in [-0.2, -0.15) is 0 Å². The minimum atomic E-state index is 0.635. The molecule has 1 aliphatic rings. The van der Waals surface area contributed by atoms with Gasteiger partial charge in [0.2, 0.25) is 0 Å². The van der Waals surface area contributed by atoms with E-state index in [0.717, 1.165) is 11.7 Å². The van der Waals surface area contributed by atoms with Gasteiger partial charge < -0.3 is 4.74 Å². The maximum atomic E-state index is 5.13. The molecule has 11 heavy (non-hydrogen) atoms. The molecule has 0 heterocycles. The van der Waals surface area contributed by atoms with Crippen molar-refractivity contribution in [2.75, 3.05) is 7.11 Å². The van der Waals surface area contributed by atoms with E-state index in [9.17, 15) is 0 Å². The lowest BCUT2D eigenvalue weighted by Gasteiger charge is -2.26. The van der Waals surface area contributed by atoms with Gasteiger partial charge in [0.05, 0.1) is 12.9 Å². The number of ether oxygens (including phenoxy) is 1. The van der Waals surface area contributed by atoms with Crippen LogP contribution in [0.1, 0.15) is 32.6 Å². The number of methoxy groups -OCH3 is 1. The largest absolute Gasteiger partial charge is 0.501 e. The zero-order valence-corrected chi connectivity index (χ0v) is 7.60. The standard InChI is InChI=1S/C10H18O/c1-8-4-6-10(7-5-8)9(2)11-3/h8,10H,2,4-7H2,1,3H3. The fraction of sp³-hybridized carbons (Fsp3) is 0.800. The van der Waals surface area contributed by atoms with Crippen LogP contribution in [-0.4, -0.2) is 7.11 Å². The van der Waals surface area contributed by atoms with Crippen LogP contribution in [0.15, 0.2) is 12.3 Å². The van der Waals surface area contributed by atoms with Gasteiger partial charge in [-0.25, -0.2) is 0 Å². The number of allylic oxidation sites excluding steroid dienone is 1. The number of hydrogen-bond donors (Lipinski definition) is 0. The molecule has 0 amide bonds. The Bertz CT molecular complexity index is 132. The molecular weight excluding hydrogens is 136 g/mol. The Hall–Kier alpha value is -0.460. The SMILES string of the molecule is C=C(OC)C1CCC(C)CC1. The summed E-state index contributed by atoms with van der Waals surface area (Å²) in [5.41, 5.74) is 0. The zero-order valence-electron chi connectivity index (χ0n) is 7.60. The van der Waals surface area contributed by atoms with Gasteiger partial charge in [-0.3, -0.25) is 0 Å². The predicted octanol–water partition coefficient (Wildman–Crippen LogP) is 2.97. The van der Waals surface area contributed by atoms with Crippen LogP contribution in [0.3, 0.4) is 0 Å². The van der Waals surface area contributed by atoms with Gasteiger partial charge in [0, 0.05) is 5.92 Å². The predicted molar refractivity (Wildman–Crippen MR) is 47.3 cm³/mol. The molecule has 0 saturated heterocycles. The third-order valence-corrected chi connectivity index (χ3v) is 2.73. The minimum absolute atomic E-state index is 0.635. The molecule has 0 aliphatic heterocycles. The highest BCUT2D eigenvalue weighted by molar-refractivity contribution is 4.92. The lowest BCUT2D eigenvalue weighted by molar-refractivity contribution is 0.199. The second-order valence-electron chi connectivity index (χ2n) is 3.63. The normalized spacial score (nSPS) is 31.5. The Kier molecular flexibility index (Phi) is 2.98. The van der Waals surface area contributed by atoms with E-state index in [4.69, 9.17) is 4.74 Å². The Balaban J connectivity index is 2.33. The van der Waals surface area contributed by atoms with E-state index in [1.807, 2.05) is 0 Å². The summed E-state index contributed by atoms with van der Waals surface area (Å²) in [7, 11) is 1.72. The van der Waals surface area contributed by atoms with Gasteiger partial charge in [0.1, 0.15) is 0 Å². The van der Waals surface area contributed by atoms with Crippen LogP contribution < -0.4 is 0 Å². The maximum Gasteiger partial charge on any atom is 0.0914 e. The van der Waals surface area contributed by atoms with Gasteiger partial charge in [-0.15, -0.1) is 0 Å². The molecule has 0 atom stereocenters. The number of hydrogen-bond acceptors (Lipinski definition) is 1. The second-order valence-corrected chi connectivity index (χ2v) is 3.63. The quantitative estimate of drug-likeness (QED) is 0.556. The maximum absolute atomic E-state index is 5.13. The van der Waals surface area contributed by atoms with Gasteiger partial charge in [0.15, 0.2) is 0 Å². The van der Waals surface area contributed by atoms with Crippen molar-refractivity contribution in [1.29, 1.82) is 0 Å². The van der Waals surface area contributed by atoms with E-state index in [2.05, 4.69) is 13.5 Å². The van der Waals surface area contributed by atoms with Crippen molar-refractivity contribution in [1.82, 2.24) is 0 Å². The average molecular weight is 154 g/mol. The molecule has 1 nitrogen and oxygen atoms in total. The van der Waals surface area contributed by atoms with Crippen molar-refractivity contribution in [2.45, 2.75) is 32.6 Å². The summed E-state index contributed by atoms with van der Waals surface area (Å²) < 4.78 is 5.13. The summed E-state index contributed by atoms with van der Waals surface area (Å²) in [4.78, 5) is 0. The molecule has 0 aromatic rings. The molecule has 1 saturated carbocycles. The molecule has 0 unspecified atom stereocenters. The van der Waals surface area contributed by atoms with Crippen molar-refractivity contribution >= 4 is 0 Å². The molecule has 0 N–H and O–H groups in total. The van der Waals surface area contributed by atoms with Crippen molar-refractivity contribution < 1.29 is 4.74 Å². The van der Waals surface area contributed by atoms with E-state index in [0.29, 0.717) is 5.92 Å². The smallest absolute Gasteiger partial charge is 0.0914 e. The summed E-state index contributed by atoms with van der Waals surface area (Å²) in [6, 6.07) is 0. The van der Waals surface area contributed by atoms with Gasteiger partial charge in [-0.1, -0.05) is 26.3 Å². The van der Waals surface area contributed by atoms with Gasteiger partial charge in [0.25, 0.3) is 0 Å². The minimum Gasteiger partial charge on any atom is -0.501 e. The Morgan fingerprint density at radius 3 is 2.27 bits per heavy atom. The molecular formula is C10H18O. The summed E-state index contributed by atoms with van der Waals surface area (Å²) in [6.45, 7) is 6.22. The molecule has 0 radical (unpaired) electrons. The van der Waals surface area contributed by atoms with E-state index in [1.165, 1.54) is 25.7 Å². The van der Waals surface area contributed by atoms with Crippen LogP contribution >= 0.6 is 0 Å². The first-order valence-electron chi connectivity index (χ1n) is 4.46. The van der Waals surface area contributed by atoms with Crippen LogP contribution in [0.5, 0.6) is 0 Å². The number of rotatable bonds is 2. The molecule has 1 aliphatic carbocycles. The first kappa shape index (κ1) is 8.63. The summed E-state index contributed by atoms with van der Waals surface area (Å²) >= 11 is 0. The van der Waals surface area contributed by atoms with Crippen molar-refractivity contribution in [3.8, 4) is 0 Å². The molecule has 0 aromatic heterocycles. The second kappa shape index (κ2) is 3.80. The highest BCUT2D eigenvalue weighted by Crippen LogP contribution is 2.32. The van der Waals surface area contributed by atoms with E-state index in [-0.39, 0.29) is 0 Å². The van der Waals surface area contributed by atoms with Crippen LogP contribution in [0.2, 0.25) is 0 Å². The Morgan fingerprint density at radius 1 is 1.27 bits per heavy atom. The van der Waals surface area contributed by atoms with Crippen LogP contribution in [-0.2, 0) is 4.74 Å². The van der Waals surface area contributed by atoms with Crippen molar-refractivity contribution in [3.05, 3.63) is 12.3 Å². The molecule has 64 valence electrons. The van der Waals surface area contributed by atoms with E-state index < -0.39 is 0 Å². The first-order chi connectivity index (χ1) is 5.24. The third kappa shape index (κ3) is 2.25. The van der Waals surface area contributed by atoms with Crippen LogP contribution in [0, 0.1) is 11.8 Å². The molecule has 1 fully saturated rings. The summed E-state index contributed by atoms with van der Waals surface area (Å²) in [6.07, 6.45) is 5.22. The van der Waals surface area contributed by atoms with Gasteiger partial charge >= 0.3 is 0 Å². The lowest BCUT2D eigenvalue weighted by atomic mass is 9.82. The third-order valence-electron chi connectivity index (χ3n) is 2.73.